The van der Waals surface area contributed by atoms with Crippen molar-refractivity contribution in [3.8, 4) is 5.69 Å². The lowest BCUT2D eigenvalue weighted by molar-refractivity contribution is 0.678. The maximum atomic E-state index is 12.2. The number of aromatic nitrogens is 2. The third kappa shape index (κ3) is 2.16. The molecule has 1 aliphatic carbocycles. The predicted molar refractivity (Wildman–Crippen MR) is 77.0 cm³/mol. The highest BCUT2D eigenvalue weighted by Crippen LogP contribution is 2.35. The lowest BCUT2D eigenvalue weighted by Gasteiger charge is -2.07. The minimum Gasteiger partial charge on any atom is -0.393 e. The number of H-pyrrole nitrogens is 1. The molecule has 1 fully saturated rings. The van der Waals surface area contributed by atoms with Crippen molar-refractivity contribution < 1.29 is 0 Å². The first kappa shape index (κ1) is 12.4. The summed E-state index contributed by atoms with van der Waals surface area (Å²) in [5.41, 5.74) is 7.70. The number of aromatic amines is 1. The van der Waals surface area contributed by atoms with E-state index in [0.717, 1.165) is 18.5 Å². The van der Waals surface area contributed by atoms with E-state index in [1.165, 1.54) is 17.5 Å². The zero-order valence-electron chi connectivity index (χ0n) is 10.5. The van der Waals surface area contributed by atoms with Crippen LogP contribution in [0.1, 0.15) is 37.3 Å². The second-order valence-electron chi connectivity index (χ2n) is 5.04. The fourth-order valence-corrected chi connectivity index (χ4v) is 2.97. The third-order valence-corrected chi connectivity index (χ3v) is 4.02. The van der Waals surface area contributed by atoms with Gasteiger partial charge in [-0.3, -0.25) is 9.89 Å². The van der Waals surface area contributed by atoms with Gasteiger partial charge in [0, 0.05) is 10.9 Å². The Hall–Kier alpha value is -1.68. The molecule has 3 rings (SSSR count). The van der Waals surface area contributed by atoms with Gasteiger partial charge in [-0.05, 0) is 31.0 Å². The monoisotopic (exact) mass is 277 g/mol. The molecule has 0 radical (unpaired) electrons. The molecule has 2 aromatic rings. The van der Waals surface area contributed by atoms with Gasteiger partial charge in [0.1, 0.15) is 5.69 Å². The van der Waals surface area contributed by atoms with Crippen molar-refractivity contribution in [2.24, 2.45) is 0 Å². The van der Waals surface area contributed by atoms with E-state index in [4.69, 9.17) is 17.3 Å². The predicted octanol–water partition coefficient (Wildman–Crippen LogP) is 3.06. The number of nitrogen functional groups attached to an aromatic ring is 1. The molecule has 1 saturated carbocycles. The molecule has 0 aliphatic heterocycles. The molecule has 0 atom stereocenters. The summed E-state index contributed by atoms with van der Waals surface area (Å²) >= 11 is 5.96. The molecule has 1 aromatic heterocycles. The number of halogens is 1. The molecule has 1 heterocycles. The standard InChI is InChI=1S/C14H16ClN3O/c15-10-6-3-7-11(8-10)18-14(19)12(16)13(17-18)9-4-1-2-5-9/h3,6-9,17H,1-2,4-5,16H2. The van der Waals surface area contributed by atoms with Crippen molar-refractivity contribution in [3.05, 3.63) is 45.3 Å². The van der Waals surface area contributed by atoms with Gasteiger partial charge in [0.2, 0.25) is 0 Å². The normalized spacial score (nSPS) is 16.1. The molecule has 100 valence electrons. The molecule has 0 spiro atoms. The van der Waals surface area contributed by atoms with Gasteiger partial charge in [-0.1, -0.05) is 30.5 Å². The number of nitrogens with one attached hydrogen (secondary N) is 1. The fourth-order valence-electron chi connectivity index (χ4n) is 2.79. The first-order valence-electron chi connectivity index (χ1n) is 6.53. The highest BCUT2D eigenvalue weighted by atomic mass is 35.5. The molecule has 1 aromatic carbocycles. The van der Waals surface area contributed by atoms with Crippen LogP contribution in [0.3, 0.4) is 0 Å². The van der Waals surface area contributed by atoms with Gasteiger partial charge in [-0.15, -0.1) is 0 Å². The van der Waals surface area contributed by atoms with Crippen LogP contribution in [0.5, 0.6) is 0 Å². The highest BCUT2D eigenvalue weighted by molar-refractivity contribution is 6.30. The van der Waals surface area contributed by atoms with Gasteiger partial charge in [-0.2, -0.15) is 0 Å². The smallest absolute Gasteiger partial charge is 0.294 e. The van der Waals surface area contributed by atoms with Gasteiger partial charge >= 0.3 is 0 Å². The molecule has 0 amide bonds. The molecule has 0 bridgehead atoms. The maximum Gasteiger partial charge on any atom is 0.294 e. The number of nitrogens with zero attached hydrogens (tertiary/aromatic N) is 1. The number of hydrogen-bond acceptors (Lipinski definition) is 2. The number of benzene rings is 1. The molecule has 1 aliphatic rings. The topological polar surface area (TPSA) is 63.8 Å². The summed E-state index contributed by atoms with van der Waals surface area (Å²) < 4.78 is 1.48. The first-order valence-corrected chi connectivity index (χ1v) is 6.91. The van der Waals surface area contributed by atoms with E-state index in [2.05, 4.69) is 5.10 Å². The maximum absolute atomic E-state index is 12.2. The van der Waals surface area contributed by atoms with Crippen molar-refractivity contribution in [1.29, 1.82) is 0 Å². The van der Waals surface area contributed by atoms with E-state index < -0.39 is 0 Å². The molecule has 3 N–H and O–H groups in total. The van der Waals surface area contributed by atoms with E-state index >= 15 is 0 Å². The lowest BCUT2D eigenvalue weighted by Crippen LogP contribution is -2.16. The van der Waals surface area contributed by atoms with Crippen LogP contribution in [0, 0.1) is 0 Å². The van der Waals surface area contributed by atoms with Crippen LogP contribution in [0.15, 0.2) is 29.1 Å². The Balaban J connectivity index is 2.08. The molecule has 5 heteroatoms. The Labute approximate surface area is 116 Å². The van der Waals surface area contributed by atoms with Gasteiger partial charge in [0.25, 0.3) is 5.56 Å². The summed E-state index contributed by atoms with van der Waals surface area (Å²) in [6, 6.07) is 7.18. The van der Waals surface area contributed by atoms with Crippen molar-refractivity contribution >= 4 is 17.3 Å². The van der Waals surface area contributed by atoms with Crippen molar-refractivity contribution in [3.63, 3.8) is 0 Å². The summed E-state index contributed by atoms with van der Waals surface area (Å²) in [5.74, 6) is 0.383. The average Bonchev–Trinajstić information content (AvgIpc) is 3.00. The van der Waals surface area contributed by atoms with Gasteiger partial charge in [0.05, 0.1) is 11.4 Å². The van der Waals surface area contributed by atoms with Gasteiger partial charge in [0.15, 0.2) is 0 Å². The Kier molecular flexibility index (Phi) is 3.11. The average molecular weight is 278 g/mol. The fraction of sp³-hybridized carbons (Fsp3) is 0.357. The van der Waals surface area contributed by atoms with Crippen LogP contribution in [-0.2, 0) is 0 Å². The van der Waals surface area contributed by atoms with Crippen LogP contribution in [0.25, 0.3) is 5.69 Å². The van der Waals surface area contributed by atoms with Gasteiger partial charge in [-0.25, -0.2) is 4.68 Å². The first-order chi connectivity index (χ1) is 9.16. The number of nitrogens with two attached hydrogens (primary N) is 1. The molecule has 0 unspecified atom stereocenters. The second-order valence-corrected chi connectivity index (χ2v) is 5.48. The van der Waals surface area contributed by atoms with Crippen molar-refractivity contribution in [1.82, 2.24) is 9.78 Å². The number of hydrogen-bond donors (Lipinski definition) is 2. The van der Waals surface area contributed by atoms with E-state index in [1.54, 1.807) is 12.1 Å². The van der Waals surface area contributed by atoms with Crippen LogP contribution >= 0.6 is 11.6 Å². The number of rotatable bonds is 2. The Morgan fingerprint density at radius 1 is 1.32 bits per heavy atom. The van der Waals surface area contributed by atoms with E-state index in [0.29, 0.717) is 22.3 Å². The zero-order chi connectivity index (χ0) is 13.4. The van der Waals surface area contributed by atoms with Crippen LogP contribution in [-0.4, -0.2) is 9.78 Å². The molecule has 19 heavy (non-hydrogen) atoms. The van der Waals surface area contributed by atoms with E-state index in [9.17, 15) is 4.79 Å². The quantitative estimate of drug-likeness (QED) is 0.886. The van der Waals surface area contributed by atoms with Crippen LogP contribution < -0.4 is 11.3 Å². The minimum absolute atomic E-state index is 0.191. The SMILES string of the molecule is Nc1c(C2CCCC2)[nH]n(-c2cccc(Cl)c2)c1=O. The Morgan fingerprint density at radius 3 is 2.74 bits per heavy atom. The van der Waals surface area contributed by atoms with E-state index in [1.807, 2.05) is 12.1 Å². The summed E-state index contributed by atoms with van der Waals surface area (Å²) in [7, 11) is 0. The molecular weight excluding hydrogens is 262 g/mol. The molecule has 0 saturated heterocycles. The summed E-state index contributed by atoms with van der Waals surface area (Å²) in [4.78, 5) is 12.2. The van der Waals surface area contributed by atoms with Crippen molar-refractivity contribution in [2.45, 2.75) is 31.6 Å². The van der Waals surface area contributed by atoms with Crippen LogP contribution in [0.2, 0.25) is 5.02 Å². The van der Waals surface area contributed by atoms with Crippen molar-refractivity contribution in [2.75, 3.05) is 5.73 Å². The summed E-state index contributed by atoms with van der Waals surface area (Å²) in [6.45, 7) is 0. The molecule has 4 nitrogen and oxygen atoms in total. The lowest BCUT2D eigenvalue weighted by atomic mass is 10.0. The third-order valence-electron chi connectivity index (χ3n) is 3.79. The largest absolute Gasteiger partial charge is 0.393 e. The van der Waals surface area contributed by atoms with E-state index in [-0.39, 0.29) is 5.56 Å². The van der Waals surface area contributed by atoms with Gasteiger partial charge < -0.3 is 5.73 Å². The Morgan fingerprint density at radius 2 is 2.05 bits per heavy atom. The highest BCUT2D eigenvalue weighted by Gasteiger charge is 2.23. The number of anilines is 1. The van der Waals surface area contributed by atoms with Crippen LogP contribution in [0.4, 0.5) is 5.69 Å². The molecular formula is C14H16ClN3O. The summed E-state index contributed by atoms with van der Waals surface area (Å²) in [6.07, 6.45) is 4.60. The summed E-state index contributed by atoms with van der Waals surface area (Å²) in [5, 5.41) is 3.75. The zero-order valence-corrected chi connectivity index (χ0v) is 11.3. The Bertz CT molecular complexity index is 653. The second kappa shape index (κ2) is 4.78. The minimum atomic E-state index is -0.191.